The van der Waals surface area contributed by atoms with E-state index in [1.807, 2.05) is 23.0 Å². The van der Waals surface area contributed by atoms with Crippen molar-refractivity contribution >= 4 is 10.9 Å². The minimum atomic E-state index is 0.379. The zero-order chi connectivity index (χ0) is 15.8. The second kappa shape index (κ2) is 5.69. The Bertz CT molecular complexity index is 834. The van der Waals surface area contributed by atoms with Gasteiger partial charge in [0.25, 0.3) is 0 Å². The monoisotopic (exact) mass is 307 g/mol. The number of benzene rings is 1. The van der Waals surface area contributed by atoms with Crippen LogP contribution in [0.15, 0.2) is 42.6 Å². The van der Waals surface area contributed by atoms with Gasteiger partial charge in [0.2, 0.25) is 5.88 Å². The van der Waals surface area contributed by atoms with Crippen LogP contribution in [0, 0.1) is 5.92 Å². The number of hydrogen-bond donors (Lipinski definition) is 0. The molecule has 0 atom stereocenters. The van der Waals surface area contributed by atoms with E-state index in [0.717, 1.165) is 47.4 Å². The van der Waals surface area contributed by atoms with Crippen molar-refractivity contribution in [3.8, 4) is 17.1 Å². The van der Waals surface area contributed by atoms with Crippen LogP contribution in [-0.2, 0) is 6.54 Å². The molecule has 1 aromatic carbocycles. The fourth-order valence-electron chi connectivity index (χ4n) is 2.68. The van der Waals surface area contributed by atoms with Gasteiger partial charge in [0.05, 0.1) is 11.2 Å². The van der Waals surface area contributed by atoms with Crippen molar-refractivity contribution in [2.45, 2.75) is 39.3 Å². The van der Waals surface area contributed by atoms with E-state index in [-0.39, 0.29) is 0 Å². The molecule has 4 nitrogen and oxygen atoms in total. The minimum absolute atomic E-state index is 0.379. The highest BCUT2D eigenvalue weighted by molar-refractivity contribution is 5.84. The fraction of sp³-hybridized carbons (Fsp3) is 0.368. The molecule has 2 aromatic heterocycles. The van der Waals surface area contributed by atoms with Gasteiger partial charge < -0.3 is 4.74 Å². The first kappa shape index (κ1) is 14.2. The number of ether oxygens (including phenoxy) is 1. The van der Waals surface area contributed by atoms with Gasteiger partial charge in [0.15, 0.2) is 0 Å². The van der Waals surface area contributed by atoms with Crippen LogP contribution in [0.1, 0.15) is 26.7 Å². The first-order valence-electron chi connectivity index (χ1n) is 8.29. The van der Waals surface area contributed by atoms with Gasteiger partial charge in [-0.25, -0.2) is 4.98 Å². The first-order chi connectivity index (χ1) is 11.2. The molecular formula is C19H21N3O. The molecule has 1 aliphatic rings. The summed E-state index contributed by atoms with van der Waals surface area (Å²) in [5.41, 5.74) is 3.09. The second-order valence-corrected chi connectivity index (χ2v) is 6.69. The van der Waals surface area contributed by atoms with Crippen LogP contribution in [0.3, 0.4) is 0 Å². The number of rotatable bonds is 5. The molecule has 0 amide bonds. The molecule has 23 heavy (non-hydrogen) atoms. The summed E-state index contributed by atoms with van der Waals surface area (Å²) in [5.74, 6) is 1.32. The van der Waals surface area contributed by atoms with Crippen LogP contribution in [0.5, 0.6) is 5.88 Å². The Morgan fingerprint density at radius 2 is 2.04 bits per heavy atom. The van der Waals surface area contributed by atoms with Crippen molar-refractivity contribution in [2.24, 2.45) is 5.92 Å². The highest BCUT2D eigenvalue weighted by atomic mass is 16.5. The maximum absolute atomic E-state index is 5.76. The molecule has 1 fully saturated rings. The van der Waals surface area contributed by atoms with Gasteiger partial charge in [-0.05, 0) is 43.0 Å². The van der Waals surface area contributed by atoms with E-state index in [2.05, 4.69) is 48.2 Å². The Labute approximate surface area is 136 Å². The maximum atomic E-state index is 5.76. The summed E-state index contributed by atoms with van der Waals surface area (Å²) in [6.45, 7) is 5.34. The van der Waals surface area contributed by atoms with Crippen molar-refractivity contribution in [1.82, 2.24) is 14.8 Å². The van der Waals surface area contributed by atoms with E-state index in [4.69, 9.17) is 4.74 Å². The van der Waals surface area contributed by atoms with Gasteiger partial charge in [-0.2, -0.15) is 5.10 Å². The summed E-state index contributed by atoms with van der Waals surface area (Å²) < 4.78 is 7.77. The van der Waals surface area contributed by atoms with Gasteiger partial charge in [-0.15, -0.1) is 0 Å². The number of hydrogen-bond acceptors (Lipinski definition) is 3. The average Bonchev–Trinajstić information content (AvgIpc) is 3.22. The summed E-state index contributed by atoms with van der Waals surface area (Å²) in [6, 6.07) is 12.4. The van der Waals surface area contributed by atoms with Crippen LogP contribution in [0.4, 0.5) is 0 Å². The predicted molar refractivity (Wildman–Crippen MR) is 91.5 cm³/mol. The van der Waals surface area contributed by atoms with Crippen molar-refractivity contribution in [3.63, 3.8) is 0 Å². The minimum Gasteiger partial charge on any atom is -0.474 e. The molecule has 1 saturated carbocycles. The summed E-state index contributed by atoms with van der Waals surface area (Å²) in [4.78, 5) is 4.59. The lowest BCUT2D eigenvalue weighted by atomic mass is 10.1. The van der Waals surface area contributed by atoms with Crippen molar-refractivity contribution < 1.29 is 4.74 Å². The first-order valence-corrected chi connectivity index (χ1v) is 8.29. The van der Waals surface area contributed by atoms with Gasteiger partial charge >= 0.3 is 0 Å². The van der Waals surface area contributed by atoms with Crippen LogP contribution >= 0.6 is 0 Å². The van der Waals surface area contributed by atoms with Crippen LogP contribution < -0.4 is 4.74 Å². The molecule has 0 saturated heterocycles. The highest BCUT2D eigenvalue weighted by Crippen LogP contribution is 2.28. The molecule has 1 aliphatic carbocycles. The third-order valence-corrected chi connectivity index (χ3v) is 3.96. The van der Waals surface area contributed by atoms with E-state index in [1.54, 1.807) is 0 Å². The quantitative estimate of drug-likeness (QED) is 0.705. The van der Waals surface area contributed by atoms with Gasteiger partial charge in [-0.3, -0.25) is 4.68 Å². The lowest BCUT2D eigenvalue weighted by Crippen LogP contribution is -2.04. The molecular weight excluding hydrogens is 286 g/mol. The third kappa shape index (κ3) is 3.21. The van der Waals surface area contributed by atoms with E-state index >= 15 is 0 Å². The molecule has 4 rings (SSSR count). The lowest BCUT2D eigenvalue weighted by Gasteiger charge is -2.06. The zero-order valence-corrected chi connectivity index (χ0v) is 13.6. The van der Waals surface area contributed by atoms with E-state index in [9.17, 15) is 0 Å². The Morgan fingerprint density at radius 1 is 1.17 bits per heavy atom. The lowest BCUT2D eigenvalue weighted by molar-refractivity contribution is 0.292. The molecule has 4 heteroatoms. The molecule has 0 bridgehead atoms. The maximum Gasteiger partial charge on any atom is 0.214 e. The molecule has 0 unspecified atom stereocenters. The number of pyridine rings is 1. The average molecular weight is 307 g/mol. The van der Waals surface area contributed by atoms with E-state index < -0.39 is 0 Å². The zero-order valence-electron chi connectivity index (χ0n) is 13.6. The Morgan fingerprint density at radius 3 is 2.83 bits per heavy atom. The normalized spacial score (nSPS) is 14.6. The second-order valence-electron chi connectivity index (χ2n) is 6.69. The van der Waals surface area contributed by atoms with Crippen molar-refractivity contribution in [1.29, 1.82) is 0 Å². The molecule has 2 heterocycles. The number of nitrogens with zero attached hydrogens (tertiary/aromatic N) is 3. The van der Waals surface area contributed by atoms with Gasteiger partial charge in [0.1, 0.15) is 6.10 Å². The summed E-state index contributed by atoms with van der Waals surface area (Å²) >= 11 is 0. The van der Waals surface area contributed by atoms with E-state index in [1.165, 1.54) is 0 Å². The molecule has 3 aromatic rings. The molecule has 0 aliphatic heterocycles. The molecule has 0 N–H and O–H groups in total. The van der Waals surface area contributed by atoms with Crippen molar-refractivity contribution in [2.75, 3.05) is 0 Å². The third-order valence-electron chi connectivity index (χ3n) is 3.96. The molecule has 118 valence electrons. The van der Waals surface area contributed by atoms with Gasteiger partial charge in [-0.1, -0.05) is 19.9 Å². The Hall–Kier alpha value is -2.36. The largest absolute Gasteiger partial charge is 0.474 e. The standard InChI is InChI=1S/C19H21N3O/c1-13(2)12-22-10-9-18(21-22)15-3-7-17-14(11-15)4-8-19(20-17)23-16-5-6-16/h3-4,7-11,13,16H,5-6,12H2,1-2H3. The SMILES string of the molecule is CC(C)Cn1ccc(-c2ccc3nc(OC4CC4)ccc3c2)n1. The highest BCUT2D eigenvalue weighted by Gasteiger charge is 2.24. The van der Waals surface area contributed by atoms with Crippen molar-refractivity contribution in [3.05, 3.63) is 42.6 Å². The fourth-order valence-corrected chi connectivity index (χ4v) is 2.68. The van der Waals surface area contributed by atoms with Gasteiger partial charge in [0, 0.05) is 29.8 Å². The predicted octanol–water partition coefficient (Wildman–Crippen LogP) is 4.30. The summed E-state index contributed by atoms with van der Waals surface area (Å²) in [6.07, 6.45) is 4.73. The Kier molecular flexibility index (Phi) is 3.52. The summed E-state index contributed by atoms with van der Waals surface area (Å²) in [7, 11) is 0. The number of aromatic nitrogens is 3. The summed E-state index contributed by atoms with van der Waals surface area (Å²) in [5, 5.41) is 5.78. The Balaban J connectivity index is 1.61. The van der Waals surface area contributed by atoms with Crippen LogP contribution in [-0.4, -0.2) is 20.9 Å². The number of fused-ring (bicyclic) bond motifs is 1. The van der Waals surface area contributed by atoms with Crippen LogP contribution in [0.25, 0.3) is 22.2 Å². The topological polar surface area (TPSA) is 39.9 Å². The van der Waals surface area contributed by atoms with Crippen LogP contribution in [0.2, 0.25) is 0 Å². The molecule has 0 radical (unpaired) electrons. The van der Waals surface area contributed by atoms with E-state index in [0.29, 0.717) is 12.0 Å². The smallest absolute Gasteiger partial charge is 0.214 e. The molecule has 0 spiro atoms.